The van der Waals surface area contributed by atoms with Crippen LogP contribution in [0.15, 0.2) is 17.0 Å². The number of rotatable bonds is 3. The van der Waals surface area contributed by atoms with Crippen LogP contribution in [0, 0.1) is 6.92 Å². The molecule has 0 aliphatic carbocycles. The van der Waals surface area contributed by atoms with Gasteiger partial charge < -0.3 is 10.5 Å². The molecule has 0 amide bonds. The van der Waals surface area contributed by atoms with Gasteiger partial charge >= 0.3 is 0 Å². The summed E-state index contributed by atoms with van der Waals surface area (Å²) in [5.41, 5.74) is 7.13. The van der Waals surface area contributed by atoms with Crippen molar-refractivity contribution in [2.75, 3.05) is 31.7 Å². The third-order valence-corrected chi connectivity index (χ3v) is 6.40. The molecular formula is C13H20N2O3S2. The number of aryl methyl sites for hydroxylation is 1. The summed E-state index contributed by atoms with van der Waals surface area (Å²) in [5.74, 6) is 1.16. The molecular weight excluding hydrogens is 296 g/mol. The van der Waals surface area contributed by atoms with E-state index in [1.54, 1.807) is 17.8 Å². The van der Waals surface area contributed by atoms with E-state index in [4.69, 9.17) is 10.5 Å². The number of sulfonamides is 1. The molecule has 0 radical (unpaired) electrons. The Kier molecular flexibility index (Phi) is 4.51. The van der Waals surface area contributed by atoms with Gasteiger partial charge in [-0.05, 0) is 24.6 Å². The second-order valence-corrected chi connectivity index (χ2v) is 8.36. The summed E-state index contributed by atoms with van der Waals surface area (Å²) >= 11 is 1.79. The molecule has 1 aromatic rings. The maximum absolute atomic E-state index is 12.8. The van der Waals surface area contributed by atoms with Gasteiger partial charge in [0.05, 0.1) is 7.11 Å². The topological polar surface area (TPSA) is 72.6 Å². The van der Waals surface area contributed by atoms with Crippen molar-refractivity contribution in [3.8, 4) is 5.75 Å². The van der Waals surface area contributed by atoms with Gasteiger partial charge in [-0.3, -0.25) is 0 Å². The van der Waals surface area contributed by atoms with Crippen LogP contribution in [-0.4, -0.2) is 43.9 Å². The highest BCUT2D eigenvalue weighted by Gasteiger charge is 2.31. The van der Waals surface area contributed by atoms with Crippen LogP contribution in [-0.2, 0) is 10.0 Å². The molecule has 20 heavy (non-hydrogen) atoms. The van der Waals surface area contributed by atoms with Crippen molar-refractivity contribution in [3.05, 3.63) is 17.7 Å². The standard InChI is InChI=1S/C13H20N2O3S2/c1-9-6-12(18-3)13(7-11(9)14)20(16,17)15-4-5-19-10(2)8-15/h6-7,10H,4-5,8,14H2,1-3H3. The molecule has 1 saturated heterocycles. The highest BCUT2D eigenvalue weighted by molar-refractivity contribution is 8.00. The predicted octanol–water partition coefficient (Wildman–Crippen LogP) is 1.71. The van der Waals surface area contributed by atoms with Gasteiger partial charge in [-0.15, -0.1) is 0 Å². The quantitative estimate of drug-likeness (QED) is 0.860. The van der Waals surface area contributed by atoms with Crippen molar-refractivity contribution in [1.82, 2.24) is 4.31 Å². The number of hydrogen-bond acceptors (Lipinski definition) is 5. The van der Waals surface area contributed by atoms with Crippen LogP contribution in [0.3, 0.4) is 0 Å². The normalized spacial score (nSPS) is 20.9. The van der Waals surface area contributed by atoms with Gasteiger partial charge in [0, 0.05) is 29.8 Å². The smallest absolute Gasteiger partial charge is 0.246 e. The lowest BCUT2D eigenvalue weighted by molar-refractivity contribution is 0.391. The summed E-state index contributed by atoms with van der Waals surface area (Å²) in [6.45, 7) is 4.90. The molecule has 0 spiro atoms. The fraction of sp³-hybridized carbons (Fsp3) is 0.538. The van der Waals surface area contributed by atoms with Gasteiger partial charge in [0.15, 0.2) is 0 Å². The summed E-state index contributed by atoms with van der Waals surface area (Å²) in [7, 11) is -2.09. The third kappa shape index (κ3) is 2.89. The van der Waals surface area contributed by atoms with Crippen LogP contribution in [0.2, 0.25) is 0 Å². The maximum atomic E-state index is 12.8. The van der Waals surface area contributed by atoms with Crippen molar-refractivity contribution >= 4 is 27.5 Å². The Morgan fingerprint density at radius 3 is 2.75 bits per heavy atom. The first-order valence-corrected chi connectivity index (χ1v) is 8.91. The summed E-state index contributed by atoms with van der Waals surface area (Å²) in [6.07, 6.45) is 0. The highest BCUT2D eigenvalue weighted by Crippen LogP contribution is 2.32. The lowest BCUT2D eigenvalue weighted by Crippen LogP contribution is -2.41. The van der Waals surface area contributed by atoms with E-state index in [0.29, 0.717) is 29.8 Å². The highest BCUT2D eigenvalue weighted by atomic mass is 32.2. The lowest BCUT2D eigenvalue weighted by Gasteiger charge is -2.30. The molecule has 1 aliphatic heterocycles. The van der Waals surface area contributed by atoms with Crippen LogP contribution >= 0.6 is 11.8 Å². The minimum atomic E-state index is -3.56. The molecule has 5 nitrogen and oxygen atoms in total. The van der Waals surface area contributed by atoms with Crippen molar-refractivity contribution in [2.24, 2.45) is 0 Å². The fourth-order valence-corrected chi connectivity index (χ4v) is 5.11. The second kappa shape index (κ2) is 5.83. The zero-order valence-corrected chi connectivity index (χ0v) is 13.6. The number of thioether (sulfide) groups is 1. The molecule has 7 heteroatoms. The number of nitrogen functional groups attached to an aromatic ring is 1. The van der Waals surface area contributed by atoms with Crippen molar-refractivity contribution in [3.63, 3.8) is 0 Å². The van der Waals surface area contributed by atoms with Crippen LogP contribution in [0.4, 0.5) is 5.69 Å². The molecule has 2 N–H and O–H groups in total. The van der Waals surface area contributed by atoms with E-state index in [2.05, 4.69) is 0 Å². The Hall–Kier alpha value is -0.920. The maximum Gasteiger partial charge on any atom is 0.246 e. The molecule has 1 fully saturated rings. The van der Waals surface area contributed by atoms with Gasteiger partial charge in [0.25, 0.3) is 0 Å². The number of nitrogens with zero attached hydrogens (tertiary/aromatic N) is 1. The number of methoxy groups -OCH3 is 1. The van der Waals surface area contributed by atoms with Gasteiger partial charge in [-0.1, -0.05) is 6.92 Å². The molecule has 1 atom stereocenters. The molecule has 2 rings (SSSR count). The van der Waals surface area contributed by atoms with Gasteiger partial charge in [-0.2, -0.15) is 16.1 Å². The minimum absolute atomic E-state index is 0.155. The second-order valence-electron chi connectivity index (χ2n) is 4.90. The predicted molar refractivity (Wildman–Crippen MR) is 82.8 cm³/mol. The summed E-state index contributed by atoms with van der Waals surface area (Å²) in [5, 5.41) is 0.298. The van der Waals surface area contributed by atoms with Crippen LogP contribution in [0.1, 0.15) is 12.5 Å². The Balaban J connectivity index is 2.46. The Bertz CT molecular complexity index is 602. The molecule has 1 aliphatic rings. The Morgan fingerprint density at radius 2 is 2.15 bits per heavy atom. The lowest BCUT2D eigenvalue weighted by atomic mass is 10.2. The molecule has 0 saturated carbocycles. The number of benzene rings is 1. The van der Waals surface area contributed by atoms with Crippen LogP contribution in [0.25, 0.3) is 0 Å². The number of nitrogens with two attached hydrogens (primary N) is 1. The SMILES string of the molecule is COc1cc(C)c(N)cc1S(=O)(=O)N1CCSC(C)C1. The van der Waals surface area contributed by atoms with E-state index >= 15 is 0 Å². The monoisotopic (exact) mass is 316 g/mol. The zero-order chi connectivity index (χ0) is 14.9. The van der Waals surface area contributed by atoms with Crippen molar-refractivity contribution < 1.29 is 13.2 Å². The average Bonchev–Trinajstić information content (AvgIpc) is 2.41. The van der Waals surface area contributed by atoms with Crippen LogP contribution in [0.5, 0.6) is 5.75 Å². The Labute approximate surface area is 124 Å². The van der Waals surface area contributed by atoms with Crippen molar-refractivity contribution in [1.29, 1.82) is 0 Å². The van der Waals surface area contributed by atoms with E-state index in [1.165, 1.54) is 17.5 Å². The van der Waals surface area contributed by atoms with Crippen molar-refractivity contribution in [2.45, 2.75) is 24.0 Å². The van der Waals surface area contributed by atoms with E-state index in [0.717, 1.165) is 11.3 Å². The molecule has 0 aromatic heterocycles. The summed E-state index contributed by atoms with van der Waals surface area (Å²) in [6, 6.07) is 3.17. The third-order valence-electron chi connectivity index (χ3n) is 3.37. The molecule has 1 heterocycles. The fourth-order valence-electron chi connectivity index (χ4n) is 2.18. The zero-order valence-electron chi connectivity index (χ0n) is 11.9. The van der Waals surface area contributed by atoms with E-state index in [1.807, 2.05) is 13.8 Å². The number of hydrogen-bond donors (Lipinski definition) is 1. The molecule has 0 bridgehead atoms. The van der Waals surface area contributed by atoms with Gasteiger partial charge in [0.2, 0.25) is 10.0 Å². The number of anilines is 1. The van der Waals surface area contributed by atoms with Gasteiger partial charge in [0.1, 0.15) is 10.6 Å². The first-order valence-electron chi connectivity index (χ1n) is 6.42. The minimum Gasteiger partial charge on any atom is -0.495 e. The van der Waals surface area contributed by atoms with E-state index in [9.17, 15) is 8.42 Å². The van der Waals surface area contributed by atoms with Gasteiger partial charge in [-0.25, -0.2) is 8.42 Å². The first-order chi connectivity index (χ1) is 9.36. The summed E-state index contributed by atoms with van der Waals surface area (Å²) in [4.78, 5) is 0.155. The number of ether oxygens (including phenoxy) is 1. The molecule has 112 valence electrons. The van der Waals surface area contributed by atoms with E-state index in [-0.39, 0.29) is 4.90 Å². The average molecular weight is 316 g/mol. The largest absolute Gasteiger partial charge is 0.495 e. The Morgan fingerprint density at radius 1 is 1.45 bits per heavy atom. The van der Waals surface area contributed by atoms with E-state index < -0.39 is 10.0 Å². The first kappa shape index (κ1) is 15.5. The molecule has 1 unspecified atom stereocenters. The summed E-state index contributed by atoms with van der Waals surface area (Å²) < 4.78 is 32.2. The van der Waals surface area contributed by atoms with Crippen LogP contribution < -0.4 is 10.5 Å². The molecule has 1 aromatic carbocycles.